The molecule has 0 aliphatic carbocycles. The number of hydrogen-bond donors (Lipinski definition) is 1. The summed E-state index contributed by atoms with van der Waals surface area (Å²) in [6.07, 6.45) is 1.75. The molecule has 2 rings (SSSR count). The summed E-state index contributed by atoms with van der Waals surface area (Å²) in [4.78, 5) is 0. The number of nitrogens with zero attached hydrogens (tertiary/aromatic N) is 2. The summed E-state index contributed by atoms with van der Waals surface area (Å²) in [6, 6.07) is 5.48. The average Bonchev–Trinajstić information content (AvgIpc) is 2.89. The lowest BCUT2D eigenvalue weighted by atomic mass is 10.1. The van der Waals surface area contributed by atoms with E-state index in [4.69, 9.17) is 9.47 Å². The molecule has 1 heterocycles. The number of aromatic nitrogens is 2. The fourth-order valence-electron chi connectivity index (χ4n) is 2.21. The van der Waals surface area contributed by atoms with Gasteiger partial charge in [-0.3, -0.25) is 4.68 Å². The van der Waals surface area contributed by atoms with Gasteiger partial charge in [0, 0.05) is 6.54 Å². The van der Waals surface area contributed by atoms with Crippen LogP contribution in [0.1, 0.15) is 30.7 Å². The Kier molecular flexibility index (Phi) is 5.25. The maximum absolute atomic E-state index is 10.7. The summed E-state index contributed by atoms with van der Waals surface area (Å²) in [5, 5.41) is 15.0. The summed E-state index contributed by atoms with van der Waals surface area (Å²) in [5.41, 5.74) is 1.41. The van der Waals surface area contributed by atoms with Crippen molar-refractivity contribution in [1.29, 1.82) is 0 Å². The third-order valence-electron chi connectivity index (χ3n) is 3.25. The minimum atomic E-state index is -0.809. The van der Waals surface area contributed by atoms with Crippen LogP contribution in [-0.4, -0.2) is 29.1 Å². The lowest BCUT2D eigenvalue weighted by Crippen LogP contribution is -2.11. The van der Waals surface area contributed by atoms with Crippen molar-refractivity contribution in [3.63, 3.8) is 0 Å². The van der Waals surface area contributed by atoms with E-state index in [0.29, 0.717) is 11.4 Å². The van der Waals surface area contributed by atoms with Gasteiger partial charge < -0.3 is 14.6 Å². The minimum Gasteiger partial charge on any atom is -0.496 e. The average molecular weight is 355 g/mol. The number of benzene rings is 1. The van der Waals surface area contributed by atoms with E-state index >= 15 is 0 Å². The summed E-state index contributed by atoms with van der Waals surface area (Å²) in [7, 11) is 3.18. The highest BCUT2D eigenvalue weighted by atomic mass is 79.9. The summed E-state index contributed by atoms with van der Waals surface area (Å²) >= 11 is 3.43. The third-order valence-corrected chi connectivity index (χ3v) is 3.87. The van der Waals surface area contributed by atoms with Crippen molar-refractivity contribution in [2.24, 2.45) is 0 Å². The number of ether oxygens (including phenoxy) is 2. The lowest BCUT2D eigenvalue weighted by molar-refractivity contribution is 0.201. The van der Waals surface area contributed by atoms with Gasteiger partial charge in [0.25, 0.3) is 0 Å². The van der Waals surface area contributed by atoms with E-state index in [1.807, 2.05) is 18.2 Å². The molecule has 5 nitrogen and oxygen atoms in total. The van der Waals surface area contributed by atoms with Crippen LogP contribution in [0.25, 0.3) is 0 Å². The maximum atomic E-state index is 10.7. The SMILES string of the molecule is CCCn1ncc(OC)c1C(O)c1ccc(OC)c(Br)c1. The van der Waals surface area contributed by atoms with Crippen molar-refractivity contribution >= 4 is 15.9 Å². The number of hydrogen-bond acceptors (Lipinski definition) is 4. The molecule has 0 aliphatic heterocycles. The van der Waals surface area contributed by atoms with Crippen LogP contribution in [0.3, 0.4) is 0 Å². The second kappa shape index (κ2) is 6.95. The van der Waals surface area contributed by atoms with Gasteiger partial charge in [0.05, 0.1) is 24.9 Å². The number of methoxy groups -OCH3 is 2. The van der Waals surface area contributed by atoms with Gasteiger partial charge in [0.1, 0.15) is 17.5 Å². The Labute approximate surface area is 132 Å². The monoisotopic (exact) mass is 354 g/mol. The van der Waals surface area contributed by atoms with Crippen molar-refractivity contribution in [2.45, 2.75) is 26.0 Å². The van der Waals surface area contributed by atoms with Crippen LogP contribution in [0.2, 0.25) is 0 Å². The Bertz CT molecular complexity index is 613. The molecule has 0 radical (unpaired) electrons. The molecule has 1 aromatic heterocycles. The van der Waals surface area contributed by atoms with Gasteiger partial charge in [-0.25, -0.2) is 0 Å². The van der Waals surface area contributed by atoms with Crippen LogP contribution in [0.4, 0.5) is 0 Å². The Morgan fingerprint density at radius 1 is 1.29 bits per heavy atom. The molecular weight excluding hydrogens is 336 g/mol. The van der Waals surface area contributed by atoms with E-state index in [1.165, 1.54) is 0 Å². The van der Waals surface area contributed by atoms with E-state index in [0.717, 1.165) is 28.8 Å². The minimum absolute atomic E-state index is 0.586. The second-order valence-corrected chi connectivity index (χ2v) is 5.47. The van der Waals surface area contributed by atoms with Gasteiger partial charge in [-0.15, -0.1) is 0 Å². The van der Waals surface area contributed by atoms with Gasteiger partial charge in [0.2, 0.25) is 0 Å². The highest BCUT2D eigenvalue weighted by molar-refractivity contribution is 9.10. The molecular formula is C15H19BrN2O3. The fourth-order valence-corrected chi connectivity index (χ4v) is 2.77. The van der Waals surface area contributed by atoms with Gasteiger partial charge in [-0.1, -0.05) is 13.0 Å². The van der Waals surface area contributed by atoms with E-state index < -0.39 is 6.10 Å². The van der Waals surface area contributed by atoms with E-state index in [2.05, 4.69) is 28.0 Å². The smallest absolute Gasteiger partial charge is 0.163 e. The van der Waals surface area contributed by atoms with Gasteiger partial charge in [0.15, 0.2) is 5.75 Å². The van der Waals surface area contributed by atoms with Gasteiger partial charge >= 0.3 is 0 Å². The normalized spacial score (nSPS) is 12.2. The summed E-state index contributed by atoms with van der Waals surface area (Å²) in [5.74, 6) is 1.31. The molecule has 0 saturated carbocycles. The van der Waals surface area contributed by atoms with Crippen LogP contribution < -0.4 is 9.47 Å². The van der Waals surface area contributed by atoms with Crippen molar-refractivity contribution in [3.05, 3.63) is 40.1 Å². The van der Waals surface area contributed by atoms with Crippen molar-refractivity contribution < 1.29 is 14.6 Å². The molecule has 0 bridgehead atoms. The molecule has 1 unspecified atom stereocenters. The van der Waals surface area contributed by atoms with E-state index in [9.17, 15) is 5.11 Å². The molecule has 1 aromatic carbocycles. The molecule has 0 fully saturated rings. The molecule has 0 spiro atoms. The van der Waals surface area contributed by atoms with Crippen LogP contribution in [0.15, 0.2) is 28.9 Å². The quantitative estimate of drug-likeness (QED) is 0.865. The first kappa shape index (κ1) is 15.9. The molecule has 21 heavy (non-hydrogen) atoms. The second-order valence-electron chi connectivity index (χ2n) is 4.62. The lowest BCUT2D eigenvalue weighted by Gasteiger charge is -2.16. The van der Waals surface area contributed by atoms with E-state index in [1.54, 1.807) is 25.1 Å². The zero-order valence-electron chi connectivity index (χ0n) is 12.3. The van der Waals surface area contributed by atoms with Crippen LogP contribution in [0.5, 0.6) is 11.5 Å². The van der Waals surface area contributed by atoms with Crippen LogP contribution in [-0.2, 0) is 6.54 Å². The zero-order chi connectivity index (χ0) is 15.4. The molecule has 1 N–H and O–H groups in total. The first-order chi connectivity index (χ1) is 10.1. The Morgan fingerprint density at radius 2 is 2.00 bits per heavy atom. The van der Waals surface area contributed by atoms with Crippen molar-refractivity contribution in [3.8, 4) is 11.5 Å². The molecule has 0 amide bonds. The van der Waals surface area contributed by atoms with E-state index in [-0.39, 0.29) is 0 Å². The Hall–Kier alpha value is -1.53. The molecule has 114 valence electrons. The topological polar surface area (TPSA) is 56.5 Å². The highest BCUT2D eigenvalue weighted by Gasteiger charge is 2.22. The first-order valence-electron chi connectivity index (χ1n) is 6.73. The van der Waals surface area contributed by atoms with Crippen LogP contribution in [0, 0.1) is 0 Å². The Balaban J connectivity index is 2.41. The van der Waals surface area contributed by atoms with Gasteiger partial charge in [-0.2, -0.15) is 5.10 Å². The number of halogens is 1. The number of aliphatic hydroxyl groups excluding tert-OH is 1. The number of aliphatic hydroxyl groups is 1. The molecule has 6 heteroatoms. The summed E-state index contributed by atoms with van der Waals surface area (Å²) < 4.78 is 13.1. The van der Waals surface area contributed by atoms with Gasteiger partial charge in [-0.05, 0) is 40.0 Å². The Morgan fingerprint density at radius 3 is 2.57 bits per heavy atom. The van der Waals surface area contributed by atoms with Crippen LogP contribution >= 0.6 is 15.9 Å². The maximum Gasteiger partial charge on any atom is 0.163 e. The highest BCUT2D eigenvalue weighted by Crippen LogP contribution is 2.34. The zero-order valence-corrected chi connectivity index (χ0v) is 13.9. The predicted octanol–water partition coefficient (Wildman–Crippen LogP) is 3.15. The van der Waals surface area contributed by atoms with Crippen molar-refractivity contribution in [1.82, 2.24) is 9.78 Å². The summed E-state index contributed by atoms with van der Waals surface area (Å²) in [6.45, 7) is 2.79. The number of aryl methyl sites for hydroxylation is 1. The largest absolute Gasteiger partial charge is 0.496 e. The molecule has 1 atom stereocenters. The number of rotatable bonds is 6. The standard InChI is InChI=1S/C15H19BrN2O3/c1-4-7-18-14(13(21-3)9-17-18)15(19)10-5-6-12(20-2)11(16)8-10/h5-6,8-9,15,19H,4,7H2,1-3H3. The first-order valence-corrected chi connectivity index (χ1v) is 7.52. The predicted molar refractivity (Wildman–Crippen MR) is 83.8 cm³/mol. The van der Waals surface area contributed by atoms with Crippen molar-refractivity contribution in [2.75, 3.05) is 14.2 Å². The molecule has 0 saturated heterocycles. The third kappa shape index (κ3) is 3.22. The fraction of sp³-hybridized carbons (Fsp3) is 0.400. The molecule has 2 aromatic rings. The molecule has 0 aliphatic rings.